The van der Waals surface area contributed by atoms with Crippen LogP contribution >= 0.6 is 11.6 Å². The van der Waals surface area contributed by atoms with Crippen LogP contribution in [-0.2, 0) is 12.6 Å². The zero-order valence-corrected chi connectivity index (χ0v) is 13.6. The summed E-state index contributed by atoms with van der Waals surface area (Å²) in [6.07, 6.45) is -2.95. The molecule has 2 aromatic rings. The molecule has 0 unspecified atom stereocenters. The third-order valence-corrected chi connectivity index (χ3v) is 4.55. The molecule has 1 aliphatic rings. The van der Waals surface area contributed by atoms with Crippen LogP contribution in [0.25, 0.3) is 0 Å². The van der Waals surface area contributed by atoms with Gasteiger partial charge in [0, 0.05) is 0 Å². The first-order valence-electron chi connectivity index (χ1n) is 7.58. The summed E-state index contributed by atoms with van der Waals surface area (Å²) in [5, 5.41) is 8.64. The van der Waals surface area contributed by atoms with Gasteiger partial charge in [-0.1, -0.05) is 17.7 Å². The predicted molar refractivity (Wildman–Crippen MR) is 84.6 cm³/mol. The summed E-state index contributed by atoms with van der Waals surface area (Å²) in [6, 6.07) is 5.68. The molecule has 0 amide bonds. The monoisotopic (exact) mass is 372 g/mol. The van der Waals surface area contributed by atoms with Crippen molar-refractivity contribution in [2.45, 2.75) is 31.4 Å². The number of halogens is 5. The first-order valence-corrected chi connectivity index (χ1v) is 7.96. The topological polar surface area (TPSA) is 37.3 Å². The Hall–Kier alpha value is -2.08. The maximum absolute atomic E-state index is 13.5. The summed E-state index contributed by atoms with van der Waals surface area (Å²) < 4.78 is 52.8. The van der Waals surface area contributed by atoms with Gasteiger partial charge in [0.1, 0.15) is 5.82 Å². The van der Waals surface area contributed by atoms with Crippen LogP contribution < -0.4 is 0 Å². The maximum Gasteiger partial charge on any atom is 0.417 e. The van der Waals surface area contributed by atoms with E-state index in [4.69, 9.17) is 11.6 Å². The van der Waals surface area contributed by atoms with E-state index >= 15 is 0 Å². The van der Waals surface area contributed by atoms with Crippen LogP contribution in [0.4, 0.5) is 17.6 Å². The van der Waals surface area contributed by atoms with Gasteiger partial charge in [-0.3, -0.25) is 0 Å². The van der Waals surface area contributed by atoms with Crippen LogP contribution in [0.15, 0.2) is 30.3 Å². The second-order valence-electron chi connectivity index (χ2n) is 6.09. The Bertz CT molecular complexity index is 842. The fourth-order valence-corrected chi connectivity index (χ4v) is 3.16. The molecule has 2 aromatic carbocycles. The normalized spacial score (nSPS) is 14.6. The highest BCUT2D eigenvalue weighted by molar-refractivity contribution is 6.31. The number of carboxylic acid groups (broad SMARTS) is 1. The lowest BCUT2D eigenvalue weighted by Crippen LogP contribution is -2.11. The lowest BCUT2D eigenvalue weighted by atomic mass is 9.93. The van der Waals surface area contributed by atoms with Gasteiger partial charge in [-0.05, 0) is 66.1 Å². The Balaban J connectivity index is 2.09. The van der Waals surface area contributed by atoms with Crippen molar-refractivity contribution >= 4 is 17.6 Å². The molecule has 0 atom stereocenters. The molecule has 7 heteroatoms. The third kappa shape index (κ3) is 3.79. The predicted octanol–water partition coefficient (Wildman–Crippen LogP) is 5.66. The lowest BCUT2D eigenvalue weighted by molar-refractivity contribution is -0.137. The summed E-state index contributed by atoms with van der Waals surface area (Å²) in [6.45, 7) is 0. The largest absolute Gasteiger partial charge is 0.478 e. The van der Waals surface area contributed by atoms with Crippen LogP contribution in [0.5, 0.6) is 0 Å². The first-order chi connectivity index (χ1) is 11.7. The van der Waals surface area contributed by atoms with Gasteiger partial charge >= 0.3 is 12.1 Å². The second kappa shape index (κ2) is 6.33. The third-order valence-electron chi connectivity index (χ3n) is 4.23. The number of carboxylic acids is 1. The molecule has 0 radical (unpaired) electrons. The molecule has 0 aromatic heterocycles. The molecule has 0 heterocycles. The number of rotatable bonds is 4. The molecule has 132 valence electrons. The molecule has 1 N–H and O–H groups in total. The number of hydrogen-bond donors (Lipinski definition) is 1. The number of aromatic carboxylic acids is 1. The highest BCUT2D eigenvalue weighted by Gasteiger charge is 2.35. The van der Waals surface area contributed by atoms with Crippen molar-refractivity contribution in [3.05, 3.63) is 69.0 Å². The van der Waals surface area contributed by atoms with E-state index < -0.39 is 28.5 Å². The number of hydrogen-bond acceptors (Lipinski definition) is 1. The van der Waals surface area contributed by atoms with Gasteiger partial charge in [0.25, 0.3) is 0 Å². The van der Waals surface area contributed by atoms with Crippen molar-refractivity contribution in [2.75, 3.05) is 0 Å². The summed E-state index contributed by atoms with van der Waals surface area (Å²) in [4.78, 5) is 11.4. The molecular weight excluding hydrogens is 360 g/mol. The quantitative estimate of drug-likeness (QED) is 0.703. The second-order valence-corrected chi connectivity index (χ2v) is 6.49. The molecule has 2 nitrogen and oxygen atoms in total. The Morgan fingerprint density at radius 2 is 1.84 bits per heavy atom. The van der Waals surface area contributed by atoms with Crippen LogP contribution in [0.2, 0.25) is 5.02 Å². The summed E-state index contributed by atoms with van der Waals surface area (Å²) in [5.74, 6) is -1.61. The highest BCUT2D eigenvalue weighted by Crippen LogP contribution is 2.43. The van der Waals surface area contributed by atoms with Crippen molar-refractivity contribution in [1.82, 2.24) is 0 Å². The van der Waals surface area contributed by atoms with E-state index in [2.05, 4.69) is 0 Å². The molecule has 1 saturated carbocycles. The lowest BCUT2D eigenvalue weighted by Gasteiger charge is -2.15. The molecule has 1 aliphatic carbocycles. The fraction of sp³-hybridized carbons (Fsp3) is 0.278. The zero-order valence-electron chi connectivity index (χ0n) is 12.8. The van der Waals surface area contributed by atoms with Crippen molar-refractivity contribution in [3.63, 3.8) is 0 Å². The number of carbonyl (C=O) groups is 1. The SMILES string of the molecule is O=C(O)c1cc(Cl)c(C(F)(F)F)cc1Cc1ccc(F)cc1C1CC1. The van der Waals surface area contributed by atoms with Gasteiger partial charge in [-0.2, -0.15) is 13.2 Å². The average Bonchev–Trinajstić information content (AvgIpc) is 3.33. The van der Waals surface area contributed by atoms with Crippen LogP contribution in [0.1, 0.15) is 51.4 Å². The molecule has 3 rings (SSSR count). The minimum Gasteiger partial charge on any atom is -0.478 e. The molecule has 0 saturated heterocycles. The smallest absolute Gasteiger partial charge is 0.417 e. The summed E-state index contributed by atoms with van der Waals surface area (Å²) >= 11 is 5.61. The first kappa shape index (κ1) is 17.7. The minimum atomic E-state index is -4.69. The maximum atomic E-state index is 13.5. The van der Waals surface area contributed by atoms with E-state index in [1.165, 1.54) is 18.2 Å². The Labute approximate surface area is 146 Å². The van der Waals surface area contributed by atoms with E-state index in [0.717, 1.165) is 30.5 Å². The van der Waals surface area contributed by atoms with Crippen molar-refractivity contribution in [1.29, 1.82) is 0 Å². The zero-order chi connectivity index (χ0) is 18.4. The number of alkyl halides is 3. The molecule has 0 bridgehead atoms. The Morgan fingerprint density at radius 1 is 1.16 bits per heavy atom. The minimum absolute atomic E-state index is 0.00210. The summed E-state index contributed by atoms with van der Waals surface area (Å²) in [7, 11) is 0. The van der Waals surface area contributed by atoms with Gasteiger partial charge < -0.3 is 5.11 Å². The van der Waals surface area contributed by atoms with Crippen molar-refractivity contribution < 1.29 is 27.5 Å². The van der Waals surface area contributed by atoms with E-state index in [-0.39, 0.29) is 23.5 Å². The van der Waals surface area contributed by atoms with Gasteiger partial charge in [-0.15, -0.1) is 0 Å². The van der Waals surface area contributed by atoms with Gasteiger partial charge in [0.15, 0.2) is 0 Å². The molecule has 25 heavy (non-hydrogen) atoms. The van der Waals surface area contributed by atoms with Crippen molar-refractivity contribution in [2.24, 2.45) is 0 Å². The van der Waals surface area contributed by atoms with Crippen LogP contribution in [0, 0.1) is 5.82 Å². The molecule has 0 aliphatic heterocycles. The molecule has 1 fully saturated rings. The Morgan fingerprint density at radius 3 is 2.40 bits per heavy atom. The molecular formula is C18H13ClF4O2. The number of benzene rings is 2. The van der Waals surface area contributed by atoms with Gasteiger partial charge in [-0.25, -0.2) is 9.18 Å². The summed E-state index contributed by atoms with van der Waals surface area (Å²) in [5.41, 5.74) is -0.0206. The average molecular weight is 373 g/mol. The van der Waals surface area contributed by atoms with E-state index in [9.17, 15) is 27.5 Å². The van der Waals surface area contributed by atoms with E-state index in [1.54, 1.807) is 0 Å². The van der Waals surface area contributed by atoms with Gasteiger partial charge in [0.05, 0.1) is 16.1 Å². The highest BCUT2D eigenvalue weighted by atomic mass is 35.5. The van der Waals surface area contributed by atoms with E-state index in [1.807, 2.05) is 0 Å². The van der Waals surface area contributed by atoms with Crippen LogP contribution in [0.3, 0.4) is 0 Å². The van der Waals surface area contributed by atoms with E-state index in [0.29, 0.717) is 5.56 Å². The standard InChI is InChI=1S/C18H13ClF4O2/c19-16-8-14(17(24)25)11(6-15(16)18(21,22)23)5-10-3-4-12(20)7-13(10)9-1-2-9/h3-4,6-9H,1-2,5H2,(H,24,25). The molecule has 0 spiro atoms. The Kier molecular flexibility index (Phi) is 4.49. The van der Waals surface area contributed by atoms with Crippen molar-refractivity contribution in [3.8, 4) is 0 Å². The fourth-order valence-electron chi connectivity index (χ4n) is 2.89. The van der Waals surface area contributed by atoms with Gasteiger partial charge in [0.2, 0.25) is 0 Å². The van der Waals surface area contributed by atoms with Crippen LogP contribution in [-0.4, -0.2) is 11.1 Å².